The van der Waals surface area contributed by atoms with Gasteiger partial charge in [0.15, 0.2) is 0 Å². The molecule has 100 heavy (non-hydrogen) atoms. The van der Waals surface area contributed by atoms with Crippen molar-refractivity contribution in [3.63, 3.8) is 0 Å². The van der Waals surface area contributed by atoms with Crippen LogP contribution >= 0.6 is 0 Å². The number of piperazine rings is 1. The maximum Gasteiger partial charge on any atom is 1.00 e. The van der Waals surface area contributed by atoms with E-state index in [9.17, 15) is 108 Å². The monoisotopic (exact) mass is 1540 g/mol. The summed E-state index contributed by atoms with van der Waals surface area (Å²) < 4.78 is 206. The molecule has 0 bridgehead atoms. The molecule has 6 N–H and O–H groups in total. The van der Waals surface area contributed by atoms with E-state index in [-0.39, 0.29) is 261 Å². The Bertz CT molecular complexity index is 5140. The fourth-order valence-electron chi connectivity index (χ4n) is 9.38. The number of hydrogen-bond donors (Lipinski definition) is 6. The summed E-state index contributed by atoms with van der Waals surface area (Å²) in [6.07, 6.45) is 0. The molecule has 44 heteroatoms. The van der Waals surface area contributed by atoms with E-state index in [1.54, 1.807) is 0 Å². The summed E-state index contributed by atoms with van der Waals surface area (Å²) in [6, 6.07) is 21.2. The van der Waals surface area contributed by atoms with Crippen molar-refractivity contribution < 1.29 is 286 Å². The molecule has 1 saturated heterocycles. The molecule has 1 aliphatic rings. The minimum atomic E-state index is -5.47. The summed E-state index contributed by atoms with van der Waals surface area (Å²) >= 11 is 0. The van der Waals surface area contributed by atoms with Gasteiger partial charge in [0, 0.05) is 47.7 Å². The summed E-state index contributed by atoms with van der Waals surface area (Å²) in [7, 11) is -32.0. The van der Waals surface area contributed by atoms with Crippen molar-refractivity contribution in [2.24, 2.45) is 30.0 Å². The number of fused-ring (bicyclic) bond motifs is 2. The van der Waals surface area contributed by atoms with Gasteiger partial charge in [-0.15, -0.1) is 0 Å². The maximum atomic E-state index is 13.6. The molecule has 32 nitrogen and oxygen atoms in total. The Labute approximate surface area is 703 Å². The van der Waals surface area contributed by atoms with Gasteiger partial charge in [-0.2, -0.15) is 50.5 Å². The number of hydrogen-bond acceptors (Lipinski definition) is 24. The van der Waals surface area contributed by atoms with Crippen LogP contribution in [0.2, 0.25) is 0 Å². The molecule has 8 aromatic rings. The number of aliphatic imine (C=N–C) groups is 6. The first-order valence-corrected chi connectivity index (χ1v) is 34.8. The minimum Gasteiger partial charge on any atom is -0.858 e. The van der Waals surface area contributed by atoms with Crippen LogP contribution < -0.4 is 208 Å². The van der Waals surface area contributed by atoms with Crippen LogP contribution in [0.5, 0.6) is 0 Å². The molecule has 0 atom stereocenters. The molecule has 9 rings (SSSR count). The first-order valence-electron chi connectivity index (χ1n) is 26.2. The summed E-state index contributed by atoms with van der Waals surface area (Å²) in [6.45, 7) is 2.97. The molecule has 0 saturated carbocycles. The Morgan fingerprint density at radius 2 is 0.620 bits per heavy atom. The van der Waals surface area contributed by atoms with E-state index in [1.807, 2.05) is 0 Å². The Hall–Kier alpha value is -3.84. The van der Waals surface area contributed by atoms with Gasteiger partial charge in [0.05, 0.1) is 56.0 Å². The van der Waals surface area contributed by atoms with Crippen LogP contribution in [0.3, 0.4) is 0 Å². The largest absolute Gasteiger partial charge is 1.00 e. The van der Waals surface area contributed by atoms with Crippen molar-refractivity contribution in [3.05, 3.63) is 167 Å². The van der Waals surface area contributed by atoms with Gasteiger partial charge >= 0.3 is 177 Å². The van der Waals surface area contributed by atoms with Crippen LogP contribution in [0.1, 0.15) is 33.4 Å². The first kappa shape index (κ1) is 90.4. The molecule has 8 aromatic carbocycles. The molecule has 0 amide bonds. The summed E-state index contributed by atoms with van der Waals surface area (Å²) in [5, 5.41) is 77.8. The van der Waals surface area contributed by atoms with Gasteiger partial charge in [0.1, 0.15) is 19.6 Å². The smallest absolute Gasteiger partial charge is 0.858 e. The first-order chi connectivity index (χ1) is 43.6. The van der Waals surface area contributed by atoms with Crippen molar-refractivity contribution in [2.75, 3.05) is 26.2 Å². The summed E-state index contributed by atoms with van der Waals surface area (Å²) in [5.74, 6) is -4.07. The molecular formula is C56H42N8Na6O24S6. The predicted molar refractivity (Wildman–Crippen MR) is 324 cm³/mol. The topological polar surface area (TPSA) is 545 Å². The van der Waals surface area contributed by atoms with Gasteiger partial charge in [-0.25, -0.2) is 9.98 Å². The van der Waals surface area contributed by atoms with E-state index in [0.29, 0.717) is 35.4 Å². The SMILES string of the molecule is Cc1ccc(C([O-])=Nc2ccc(S(=O)(=O)O)c3cc(S(=O)(=O)O)cc(S(=O)(=O)O)c23)cc1N=C([O-])c1cccc(N=C([O-])N2CCN(C([O-])=Nc3cccc(C([O-])=Nc4cc(C([O-])=Nc5ccc(S(=O)(=O)O)c6cc(S(=O)(=O)O)cc(S(=O)(=O)O)c56)ccc4C)c3)CC2)c1.[Na+].[Na+].[Na+].[Na+].[Na+].[Na+]. The van der Waals surface area contributed by atoms with Crippen LogP contribution in [0.4, 0.5) is 34.1 Å². The molecule has 1 heterocycles. The van der Waals surface area contributed by atoms with E-state index in [2.05, 4.69) is 30.0 Å². The normalized spacial score (nSPS) is 14.0. The standard InChI is InChI=1S/C56H48N8O24S6.6Na/c1-29-9-11-33(53(67)59-41-13-15-45(91(77,78)79)39-25-37(89(71,72)73)27-47(49(39)41)93(83,84)85)23-43(29)61-51(65)31-5-3-7-35(21-31)57-55(69)63-17-19-64(20-18-63)56(70)58-36-8-4-6-32(22-36)52(66)62-44-24-34(12-10-30(44)2)54(68)60-42-14-16-46(92(80,81)82)40-26-38(90(74,75)76)28-48(50(40)42)94(86,87)88;;;;;;/h3-16,21-28H,17-20H2,1-2H3,(H,57,69)(H,58,70)(H,59,67)(H,60,68)(H,61,65)(H,62,66)(H,71,72,73)(H,74,75,76)(H,77,78,79)(H,80,81,82)(H,83,84,85)(H,86,87,88);;;;;;/q;6*+1/p-6. The van der Waals surface area contributed by atoms with Crippen LogP contribution in [0, 0.1) is 13.8 Å². The van der Waals surface area contributed by atoms with Crippen molar-refractivity contribution in [1.29, 1.82) is 0 Å². The van der Waals surface area contributed by atoms with Crippen LogP contribution in [-0.4, -0.2) is 149 Å². The second kappa shape index (κ2) is 35.5. The van der Waals surface area contributed by atoms with E-state index in [1.165, 1.54) is 96.4 Å². The van der Waals surface area contributed by atoms with E-state index in [0.717, 1.165) is 24.3 Å². The average molecular weight is 1540 g/mol. The predicted octanol–water partition coefficient (Wildman–Crippen LogP) is -17.1. The fraction of sp³-hybridized carbons (Fsp3) is 0.107. The van der Waals surface area contributed by atoms with Gasteiger partial charge in [-0.1, -0.05) is 48.5 Å². The molecule has 1 aliphatic heterocycles. The minimum absolute atomic E-state index is 0. The van der Waals surface area contributed by atoms with Gasteiger partial charge in [-0.05, 0) is 156 Å². The Morgan fingerprint density at radius 3 is 0.910 bits per heavy atom. The Balaban J connectivity index is 0.00000433. The van der Waals surface area contributed by atoms with Gasteiger partial charge < -0.3 is 40.4 Å². The third kappa shape index (κ3) is 21.7. The number of aryl methyl sites for hydroxylation is 2. The zero-order valence-electron chi connectivity index (χ0n) is 53.6. The zero-order valence-corrected chi connectivity index (χ0v) is 70.5. The van der Waals surface area contributed by atoms with Gasteiger partial charge in [0.25, 0.3) is 60.7 Å². The quantitative estimate of drug-likeness (QED) is 0.0226. The molecule has 492 valence electrons. The molecule has 0 radical (unpaired) electrons. The molecule has 0 aromatic heterocycles. The second-order valence-corrected chi connectivity index (χ2v) is 28.6. The molecule has 0 unspecified atom stereocenters. The van der Waals surface area contributed by atoms with Crippen molar-refractivity contribution >= 4 is 152 Å². The van der Waals surface area contributed by atoms with Crippen molar-refractivity contribution in [2.45, 2.75) is 43.2 Å². The summed E-state index contributed by atoms with van der Waals surface area (Å²) in [5.41, 5.74) is -1.40. The van der Waals surface area contributed by atoms with Crippen LogP contribution in [0.15, 0.2) is 193 Å². The van der Waals surface area contributed by atoms with E-state index >= 15 is 0 Å². The molecule has 1 fully saturated rings. The Morgan fingerprint density at radius 1 is 0.330 bits per heavy atom. The van der Waals surface area contributed by atoms with Crippen LogP contribution in [-0.2, 0) is 60.7 Å². The van der Waals surface area contributed by atoms with Crippen molar-refractivity contribution in [3.8, 4) is 0 Å². The van der Waals surface area contributed by atoms with Gasteiger partial charge in [-0.3, -0.25) is 47.3 Å². The number of rotatable bonds is 16. The third-order valence-corrected chi connectivity index (χ3v) is 19.2. The summed E-state index contributed by atoms with van der Waals surface area (Å²) in [4.78, 5) is 19.6. The van der Waals surface area contributed by atoms with Crippen LogP contribution in [0.25, 0.3) is 21.5 Å². The molecule has 0 spiro atoms. The molecular weight excluding hydrogens is 1500 g/mol. The maximum absolute atomic E-state index is 13.6. The molecule has 0 aliphatic carbocycles. The van der Waals surface area contributed by atoms with E-state index in [4.69, 9.17) is 0 Å². The third-order valence-electron chi connectivity index (χ3n) is 13.9. The zero-order chi connectivity index (χ0) is 68.9. The van der Waals surface area contributed by atoms with E-state index < -0.39 is 159 Å². The average Bonchev–Trinajstić information content (AvgIpc) is 0.746. The number of nitrogens with zero attached hydrogens (tertiary/aromatic N) is 8. The second-order valence-electron chi connectivity index (χ2n) is 20.2. The Kier molecular flexibility index (Phi) is 32.1. The fourth-order valence-corrected chi connectivity index (χ4v) is 13.5. The van der Waals surface area contributed by atoms with Gasteiger partial charge in [0.2, 0.25) is 0 Å². The number of benzene rings is 8. The number of amidine groups is 2. The van der Waals surface area contributed by atoms with Crippen molar-refractivity contribution in [1.82, 2.24) is 9.80 Å².